The van der Waals surface area contributed by atoms with Crippen LogP contribution in [0.4, 0.5) is 4.39 Å². The van der Waals surface area contributed by atoms with Crippen molar-refractivity contribution in [1.29, 1.82) is 5.26 Å². The van der Waals surface area contributed by atoms with Gasteiger partial charge in [-0.05, 0) is 18.2 Å². The zero-order valence-electron chi connectivity index (χ0n) is 10.6. The SMILES string of the molecule is N#CCN1CCN(S(=O)(=O)c2ccc(Br)cc2F)CC1. The van der Waals surface area contributed by atoms with Gasteiger partial charge in [-0.2, -0.15) is 9.57 Å². The predicted molar refractivity (Wildman–Crippen MR) is 74.9 cm³/mol. The van der Waals surface area contributed by atoms with Gasteiger partial charge in [-0.1, -0.05) is 15.9 Å². The van der Waals surface area contributed by atoms with Crippen molar-refractivity contribution in [2.45, 2.75) is 4.90 Å². The highest BCUT2D eigenvalue weighted by atomic mass is 79.9. The van der Waals surface area contributed by atoms with Crippen LogP contribution in [0.3, 0.4) is 0 Å². The van der Waals surface area contributed by atoms with Crippen molar-refractivity contribution < 1.29 is 12.8 Å². The van der Waals surface area contributed by atoms with Gasteiger partial charge in [0.2, 0.25) is 10.0 Å². The highest BCUT2D eigenvalue weighted by Gasteiger charge is 2.30. The molecule has 0 radical (unpaired) electrons. The van der Waals surface area contributed by atoms with E-state index in [0.29, 0.717) is 17.6 Å². The lowest BCUT2D eigenvalue weighted by atomic mass is 10.3. The quantitative estimate of drug-likeness (QED) is 0.763. The smallest absolute Gasteiger partial charge is 0.246 e. The van der Waals surface area contributed by atoms with E-state index in [4.69, 9.17) is 5.26 Å². The molecule has 1 heterocycles. The Morgan fingerprint density at radius 2 is 1.95 bits per heavy atom. The van der Waals surface area contributed by atoms with Crippen molar-refractivity contribution in [3.05, 3.63) is 28.5 Å². The zero-order valence-corrected chi connectivity index (χ0v) is 13.0. The normalized spacial score (nSPS) is 17.9. The van der Waals surface area contributed by atoms with Gasteiger partial charge < -0.3 is 0 Å². The summed E-state index contributed by atoms with van der Waals surface area (Å²) in [6, 6.07) is 5.93. The lowest BCUT2D eigenvalue weighted by Gasteiger charge is -2.32. The fourth-order valence-electron chi connectivity index (χ4n) is 2.05. The van der Waals surface area contributed by atoms with E-state index in [1.165, 1.54) is 16.4 Å². The summed E-state index contributed by atoms with van der Waals surface area (Å²) < 4.78 is 40.3. The van der Waals surface area contributed by atoms with E-state index in [0.717, 1.165) is 6.07 Å². The molecular formula is C12H13BrFN3O2S. The van der Waals surface area contributed by atoms with E-state index in [1.807, 2.05) is 11.0 Å². The molecule has 0 N–H and O–H groups in total. The maximum Gasteiger partial charge on any atom is 0.246 e. The molecule has 0 aliphatic carbocycles. The van der Waals surface area contributed by atoms with E-state index in [2.05, 4.69) is 15.9 Å². The number of halogens is 2. The number of nitrogens with zero attached hydrogens (tertiary/aromatic N) is 3. The van der Waals surface area contributed by atoms with Crippen LogP contribution in [0.15, 0.2) is 27.6 Å². The van der Waals surface area contributed by atoms with E-state index >= 15 is 0 Å². The molecule has 0 unspecified atom stereocenters. The van der Waals surface area contributed by atoms with Crippen molar-refractivity contribution in [3.8, 4) is 6.07 Å². The minimum atomic E-state index is -3.82. The summed E-state index contributed by atoms with van der Waals surface area (Å²) in [6.45, 7) is 1.76. The fraction of sp³-hybridized carbons (Fsp3) is 0.417. The van der Waals surface area contributed by atoms with E-state index < -0.39 is 15.8 Å². The Morgan fingerprint density at radius 1 is 1.30 bits per heavy atom. The number of hydrogen-bond donors (Lipinski definition) is 0. The maximum atomic E-state index is 13.8. The molecule has 1 aliphatic rings. The van der Waals surface area contributed by atoms with Gasteiger partial charge in [0, 0.05) is 30.7 Å². The molecular weight excluding hydrogens is 349 g/mol. The molecule has 0 bridgehead atoms. The van der Waals surface area contributed by atoms with Crippen molar-refractivity contribution in [2.75, 3.05) is 32.7 Å². The van der Waals surface area contributed by atoms with Crippen LogP contribution in [0, 0.1) is 17.1 Å². The number of benzene rings is 1. The Morgan fingerprint density at radius 3 is 2.50 bits per heavy atom. The number of hydrogen-bond acceptors (Lipinski definition) is 4. The van der Waals surface area contributed by atoms with E-state index in [9.17, 15) is 12.8 Å². The minimum absolute atomic E-state index is 0.263. The van der Waals surface area contributed by atoms with Crippen molar-refractivity contribution in [3.63, 3.8) is 0 Å². The highest BCUT2D eigenvalue weighted by molar-refractivity contribution is 9.10. The van der Waals surface area contributed by atoms with Gasteiger partial charge in [-0.15, -0.1) is 0 Å². The Hall–Kier alpha value is -1.01. The van der Waals surface area contributed by atoms with Gasteiger partial charge in [-0.3, -0.25) is 4.90 Å². The average Bonchev–Trinajstić information content (AvgIpc) is 2.39. The van der Waals surface area contributed by atoms with Gasteiger partial charge in [0.1, 0.15) is 10.7 Å². The average molecular weight is 362 g/mol. The highest BCUT2D eigenvalue weighted by Crippen LogP contribution is 2.23. The predicted octanol–water partition coefficient (Wildman–Crippen LogP) is 1.42. The first-order valence-corrected chi connectivity index (χ1v) is 8.23. The van der Waals surface area contributed by atoms with Crippen LogP contribution >= 0.6 is 15.9 Å². The monoisotopic (exact) mass is 361 g/mol. The lowest BCUT2D eigenvalue weighted by molar-refractivity contribution is 0.206. The van der Waals surface area contributed by atoms with Crippen molar-refractivity contribution in [2.24, 2.45) is 0 Å². The second-order valence-electron chi connectivity index (χ2n) is 4.41. The summed E-state index contributed by atoms with van der Waals surface area (Å²) in [4.78, 5) is 1.55. The van der Waals surface area contributed by atoms with Gasteiger partial charge in [-0.25, -0.2) is 12.8 Å². The van der Waals surface area contributed by atoms with Crippen LogP contribution in [0.1, 0.15) is 0 Å². The molecule has 1 aromatic carbocycles. The molecule has 0 amide bonds. The van der Waals surface area contributed by atoms with Gasteiger partial charge >= 0.3 is 0 Å². The molecule has 108 valence electrons. The van der Waals surface area contributed by atoms with Crippen LogP contribution in [-0.2, 0) is 10.0 Å². The van der Waals surface area contributed by atoms with Gasteiger partial charge in [0.05, 0.1) is 12.6 Å². The minimum Gasteiger partial charge on any atom is -0.288 e. The van der Waals surface area contributed by atoms with E-state index in [-0.39, 0.29) is 24.5 Å². The lowest BCUT2D eigenvalue weighted by Crippen LogP contribution is -2.48. The molecule has 0 saturated carbocycles. The van der Waals surface area contributed by atoms with Gasteiger partial charge in [0.25, 0.3) is 0 Å². The molecule has 0 spiro atoms. The first-order valence-electron chi connectivity index (χ1n) is 5.99. The summed E-state index contributed by atoms with van der Waals surface area (Å²) >= 11 is 3.10. The maximum absolute atomic E-state index is 13.8. The number of sulfonamides is 1. The molecule has 5 nitrogen and oxygen atoms in total. The molecule has 1 fully saturated rings. The summed E-state index contributed by atoms with van der Waals surface area (Å²) in [6.07, 6.45) is 0. The van der Waals surface area contributed by atoms with Crippen LogP contribution in [0.5, 0.6) is 0 Å². The Kier molecular flexibility index (Phi) is 4.75. The summed E-state index contributed by atoms with van der Waals surface area (Å²) in [7, 11) is -3.82. The zero-order chi connectivity index (χ0) is 14.8. The summed E-state index contributed by atoms with van der Waals surface area (Å²) in [5, 5.41) is 8.61. The largest absolute Gasteiger partial charge is 0.288 e. The Bertz CT molecular complexity index is 637. The van der Waals surface area contributed by atoms with Crippen LogP contribution in [0.25, 0.3) is 0 Å². The second-order valence-corrected chi connectivity index (χ2v) is 7.24. The molecule has 0 aromatic heterocycles. The summed E-state index contributed by atoms with van der Waals surface area (Å²) in [5.74, 6) is -0.765. The Labute approximate surface area is 125 Å². The second kappa shape index (κ2) is 6.18. The molecule has 1 aliphatic heterocycles. The third kappa shape index (κ3) is 3.17. The molecule has 2 rings (SSSR count). The number of piperazine rings is 1. The molecule has 0 atom stereocenters. The third-order valence-electron chi connectivity index (χ3n) is 3.14. The van der Waals surface area contributed by atoms with Crippen LogP contribution in [-0.4, -0.2) is 50.3 Å². The number of rotatable bonds is 3. The molecule has 8 heteroatoms. The van der Waals surface area contributed by atoms with Crippen molar-refractivity contribution >= 4 is 26.0 Å². The molecule has 1 saturated heterocycles. The first-order chi connectivity index (χ1) is 9.45. The van der Waals surface area contributed by atoms with Crippen LogP contribution in [0.2, 0.25) is 0 Å². The third-order valence-corrected chi connectivity index (χ3v) is 5.56. The number of nitriles is 1. The topological polar surface area (TPSA) is 64.4 Å². The van der Waals surface area contributed by atoms with E-state index in [1.54, 1.807) is 0 Å². The van der Waals surface area contributed by atoms with Crippen LogP contribution < -0.4 is 0 Å². The Balaban J connectivity index is 2.18. The standard InChI is InChI=1S/C12H13BrFN3O2S/c13-10-1-2-12(11(14)9-10)20(18,19)17-7-5-16(4-3-15)6-8-17/h1-2,9H,4-8H2. The fourth-order valence-corrected chi connectivity index (χ4v) is 3.85. The first kappa shape index (κ1) is 15.4. The summed E-state index contributed by atoms with van der Waals surface area (Å²) in [5.41, 5.74) is 0. The van der Waals surface area contributed by atoms with Crippen molar-refractivity contribution in [1.82, 2.24) is 9.21 Å². The molecule has 1 aromatic rings. The van der Waals surface area contributed by atoms with Gasteiger partial charge in [0.15, 0.2) is 0 Å². The molecule has 20 heavy (non-hydrogen) atoms.